The first kappa shape index (κ1) is 15.8. The zero-order chi connectivity index (χ0) is 16.8. The predicted molar refractivity (Wildman–Crippen MR) is 81.5 cm³/mol. The number of carbonyl (C=O) groups is 2. The summed E-state index contributed by atoms with van der Waals surface area (Å²) in [5, 5.41) is 18.7. The molecule has 3 saturated carbocycles. The van der Waals surface area contributed by atoms with Crippen molar-refractivity contribution in [3.8, 4) is 12.1 Å². The third-order valence-electron chi connectivity index (χ3n) is 6.15. The van der Waals surface area contributed by atoms with Crippen molar-refractivity contribution in [3.05, 3.63) is 0 Å². The second kappa shape index (κ2) is 5.23. The Kier molecular flexibility index (Phi) is 3.59. The van der Waals surface area contributed by atoms with Gasteiger partial charge in [0.2, 0.25) is 11.8 Å². The van der Waals surface area contributed by atoms with Crippen molar-refractivity contribution in [1.29, 1.82) is 10.5 Å². The first-order chi connectivity index (χ1) is 10.9. The average molecular weight is 314 g/mol. The molecule has 0 heterocycles. The molecule has 0 aromatic rings. The minimum absolute atomic E-state index is 0.0994. The van der Waals surface area contributed by atoms with E-state index in [-0.39, 0.29) is 23.7 Å². The van der Waals surface area contributed by atoms with Crippen LogP contribution in [0.25, 0.3) is 0 Å². The molecule has 23 heavy (non-hydrogen) atoms. The van der Waals surface area contributed by atoms with E-state index in [0.29, 0.717) is 32.1 Å². The zero-order valence-corrected chi connectivity index (χ0v) is 13.7. The lowest BCUT2D eigenvalue weighted by Crippen LogP contribution is -2.55. The normalized spacial score (nSPS) is 29.0. The van der Waals surface area contributed by atoms with Crippen LogP contribution in [0.15, 0.2) is 0 Å². The predicted octanol–water partition coefficient (Wildman–Crippen LogP) is 1.43. The van der Waals surface area contributed by atoms with Crippen molar-refractivity contribution in [2.45, 2.75) is 56.0 Å². The standard InChI is InChI=1S/C17H22N4O2/c1-20(16(10-18)5-3-6-16)14(22)12-9-13(12)15(23)21(2)17(11-19)7-4-8-17/h12-13H,3-9H2,1-2H3/t12-,13-/m1/s1. The molecule has 6 heteroatoms. The summed E-state index contributed by atoms with van der Waals surface area (Å²) in [5.74, 6) is -0.844. The lowest BCUT2D eigenvalue weighted by molar-refractivity contribution is -0.143. The maximum absolute atomic E-state index is 12.6. The topological polar surface area (TPSA) is 88.2 Å². The van der Waals surface area contributed by atoms with Crippen LogP contribution < -0.4 is 0 Å². The van der Waals surface area contributed by atoms with Gasteiger partial charge in [-0.05, 0) is 44.9 Å². The van der Waals surface area contributed by atoms with Gasteiger partial charge in [-0.15, -0.1) is 0 Å². The van der Waals surface area contributed by atoms with Crippen LogP contribution in [-0.2, 0) is 9.59 Å². The van der Waals surface area contributed by atoms with Crippen LogP contribution in [0.4, 0.5) is 0 Å². The van der Waals surface area contributed by atoms with Gasteiger partial charge in [0.25, 0.3) is 0 Å². The van der Waals surface area contributed by atoms with E-state index < -0.39 is 11.1 Å². The van der Waals surface area contributed by atoms with Crippen molar-refractivity contribution in [2.24, 2.45) is 11.8 Å². The van der Waals surface area contributed by atoms with Gasteiger partial charge in [-0.2, -0.15) is 10.5 Å². The third kappa shape index (κ3) is 2.20. The van der Waals surface area contributed by atoms with Crippen molar-refractivity contribution < 1.29 is 9.59 Å². The molecule has 3 aliphatic rings. The highest BCUT2D eigenvalue weighted by atomic mass is 16.2. The highest BCUT2D eigenvalue weighted by molar-refractivity contribution is 5.93. The minimum Gasteiger partial charge on any atom is -0.327 e. The molecule has 0 aromatic heterocycles. The summed E-state index contributed by atoms with van der Waals surface area (Å²) in [6, 6.07) is 4.53. The summed E-state index contributed by atoms with van der Waals surface area (Å²) < 4.78 is 0. The Morgan fingerprint density at radius 1 is 0.870 bits per heavy atom. The van der Waals surface area contributed by atoms with Crippen LogP contribution in [0.1, 0.15) is 44.9 Å². The van der Waals surface area contributed by atoms with E-state index in [1.807, 2.05) is 0 Å². The van der Waals surface area contributed by atoms with Gasteiger partial charge in [0.15, 0.2) is 0 Å². The van der Waals surface area contributed by atoms with Crippen LogP contribution in [0.2, 0.25) is 0 Å². The maximum Gasteiger partial charge on any atom is 0.227 e. The number of carbonyl (C=O) groups excluding carboxylic acids is 2. The highest BCUT2D eigenvalue weighted by Crippen LogP contribution is 2.47. The van der Waals surface area contributed by atoms with Gasteiger partial charge in [0, 0.05) is 14.1 Å². The van der Waals surface area contributed by atoms with E-state index in [9.17, 15) is 20.1 Å². The molecular formula is C17H22N4O2. The van der Waals surface area contributed by atoms with Crippen molar-refractivity contribution in [3.63, 3.8) is 0 Å². The molecule has 3 rings (SSSR count). The molecule has 122 valence electrons. The van der Waals surface area contributed by atoms with E-state index in [1.165, 1.54) is 0 Å². The lowest BCUT2D eigenvalue weighted by Gasteiger charge is -2.44. The summed E-state index contributed by atoms with van der Waals surface area (Å²) in [6.07, 6.45) is 5.33. The Balaban J connectivity index is 1.63. The molecule has 0 N–H and O–H groups in total. The largest absolute Gasteiger partial charge is 0.327 e. The van der Waals surface area contributed by atoms with Crippen LogP contribution in [0.5, 0.6) is 0 Å². The van der Waals surface area contributed by atoms with Gasteiger partial charge in [0.05, 0.1) is 24.0 Å². The summed E-state index contributed by atoms with van der Waals surface area (Å²) in [4.78, 5) is 28.3. The van der Waals surface area contributed by atoms with E-state index in [2.05, 4.69) is 12.1 Å². The first-order valence-corrected chi connectivity index (χ1v) is 8.29. The molecule has 2 amide bonds. The summed E-state index contributed by atoms with van der Waals surface area (Å²) in [7, 11) is 3.36. The monoisotopic (exact) mass is 314 g/mol. The summed E-state index contributed by atoms with van der Waals surface area (Å²) in [6.45, 7) is 0. The summed E-state index contributed by atoms with van der Waals surface area (Å²) >= 11 is 0. The second-order valence-electron chi connectivity index (χ2n) is 7.24. The quantitative estimate of drug-likeness (QED) is 0.785. The number of hydrogen-bond donors (Lipinski definition) is 0. The molecule has 0 radical (unpaired) electrons. The van der Waals surface area contributed by atoms with E-state index in [4.69, 9.17) is 0 Å². The molecule has 3 aliphatic carbocycles. The number of rotatable bonds is 4. The van der Waals surface area contributed by atoms with Crippen LogP contribution in [0.3, 0.4) is 0 Å². The smallest absolute Gasteiger partial charge is 0.227 e. The molecule has 0 aromatic carbocycles. The first-order valence-electron chi connectivity index (χ1n) is 8.29. The van der Waals surface area contributed by atoms with E-state index in [0.717, 1.165) is 12.8 Å². The van der Waals surface area contributed by atoms with Crippen LogP contribution >= 0.6 is 0 Å². The second-order valence-corrected chi connectivity index (χ2v) is 7.24. The summed E-state index contributed by atoms with van der Waals surface area (Å²) in [5.41, 5.74) is -1.33. The van der Waals surface area contributed by atoms with Crippen LogP contribution in [-0.4, -0.2) is 46.8 Å². The molecular weight excluding hydrogens is 292 g/mol. The molecule has 6 nitrogen and oxygen atoms in total. The van der Waals surface area contributed by atoms with Crippen molar-refractivity contribution in [1.82, 2.24) is 9.80 Å². The van der Waals surface area contributed by atoms with E-state index >= 15 is 0 Å². The Labute approximate surface area is 136 Å². The highest BCUT2D eigenvalue weighted by Gasteiger charge is 2.56. The van der Waals surface area contributed by atoms with E-state index in [1.54, 1.807) is 23.9 Å². The van der Waals surface area contributed by atoms with Gasteiger partial charge in [0.1, 0.15) is 11.1 Å². The fraction of sp³-hybridized carbons (Fsp3) is 0.765. The molecule has 0 saturated heterocycles. The molecule has 0 spiro atoms. The molecule has 0 aliphatic heterocycles. The lowest BCUT2D eigenvalue weighted by atomic mass is 9.76. The van der Waals surface area contributed by atoms with Gasteiger partial charge in [-0.3, -0.25) is 9.59 Å². The third-order valence-corrected chi connectivity index (χ3v) is 6.15. The van der Waals surface area contributed by atoms with Crippen molar-refractivity contribution >= 4 is 11.8 Å². The molecule has 2 atom stereocenters. The van der Waals surface area contributed by atoms with Gasteiger partial charge in [-0.25, -0.2) is 0 Å². The van der Waals surface area contributed by atoms with Gasteiger partial charge in [-0.1, -0.05) is 0 Å². The fourth-order valence-corrected chi connectivity index (χ4v) is 3.73. The zero-order valence-electron chi connectivity index (χ0n) is 13.7. The minimum atomic E-state index is -0.666. The number of amides is 2. The van der Waals surface area contributed by atoms with Gasteiger partial charge >= 0.3 is 0 Å². The molecule has 0 bridgehead atoms. The van der Waals surface area contributed by atoms with Gasteiger partial charge < -0.3 is 9.80 Å². The molecule has 0 unspecified atom stereocenters. The number of nitrogens with zero attached hydrogens (tertiary/aromatic N) is 4. The Hall–Kier alpha value is -2.08. The average Bonchev–Trinajstić information content (AvgIpc) is 3.24. The SMILES string of the molecule is CN(C(=O)[C@@H]1C[C@H]1C(=O)N(C)C1(C#N)CCC1)C1(C#N)CCC1. The number of hydrogen-bond acceptors (Lipinski definition) is 4. The Bertz CT molecular complexity index is 567. The van der Waals surface area contributed by atoms with Crippen molar-refractivity contribution in [2.75, 3.05) is 14.1 Å². The molecule has 3 fully saturated rings. The fourth-order valence-electron chi connectivity index (χ4n) is 3.73. The Morgan fingerprint density at radius 3 is 1.43 bits per heavy atom. The maximum atomic E-state index is 12.6. The van der Waals surface area contributed by atoms with Crippen LogP contribution in [0, 0.1) is 34.5 Å². The number of nitriles is 2. The Morgan fingerprint density at radius 2 is 1.22 bits per heavy atom.